The number of rotatable bonds is 21. The van der Waals surface area contributed by atoms with Gasteiger partial charge in [0.1, 0.15) is 0 Å². The standard InChI is InChI=1S/2C25H31.C2H7Si.2ClH.Zr/c2*1-3-5-7-8-11-21-18-23-12-9-13-24(25(23)19-21)22-16-14-20(15-17-22)10-6-4-2;1-3-2;;;/h2*9,12-19H,3-8,10-11H2,1-2H3;3H,1-2H3;2*1H;/q;;;;;+2/p-2. The van der Waals surface area contributed by atoms with Crippen molar-refractivity contribution >= 4 is 35.1 Å². The molecule has 2 aliphatic carbocycles. The molecule has 0 saturated heterocycles. The number of aryl methyl sites for hydroxylation is 2. The Morgan fingerprint density at radius 2 is 0.857 bits per heavy atom. The first-order valence-corrected chi connectivity index (χ1v) is 38.9. The Bertz CT molecular complexity index is 1830. The number of hydrogen-bond acceptors (Lipinski definition) is 0. The Kier molecular flexibility index (Phi) is 15.5. The van der Waals surface area contributed by atoms with Gasteiger partial charge in [0.2, 0.25) is 0 Å². The van der Waals surface area contributed by atoms with E-state index < -0.39 is 21.5 Å². The molecule has 0 radical (unpaired) electrons. The molecule has 56 heavy (non-hydrogen) atoms. The minimum atomic E-state index is -4.92. The molecule has 0 bridgehead atoms. The van der Waals surface area contributed by atoms with Gasteiger partial charge in [-0.25, -0.2) is 0 Å². The van der Waals surface area contributed by atoms with Gasteiger partial charge >= 0.3 is 353 Å². The van der Waals surface area contributed by atoms with Gasteiger partial charge in [-0.3, -0.25) is 0 Å². The zero-order chi connectivity index (χ0) is 39.7. The van der Waals surface area contributed by atoms with E-state index in [2.05, 4.69) is 138 Å². The molecular formula is C52H69Cl2SiZr. The monoisotopic (exact) mass is 881 g/mol. The number of unbranched alkanes of at least 4 members (excludes halogenated alkanes) is 8. The SMILES string of the molecule is CCCCCCC1=Cc2c(-c3ccc(CCCC)cc3)cccc2[CH]1[Zr]([Cl])([Cl])([CH]1C(CCCCCC)=Cc2c(-c3ccc(CCCC)cc3)cccc21)[SiH](C)C. The third-order valence-corrected chi connectivity index (χ3v) is 65.2. The van der Waals surface area contributed by atoms with Crippen LogP contribution in [0.4, 0.5) is 0 Å². The normalized spacial score (nSPS) is 17.1. The molecule has 0 saturated carbocycles. The topological polar surface area (TPSA) is 0 Å². The minimum absolute atomic E-state index is 0.128. The van der Waals surface area contributed by atoms with Crippen LogP contribution in [0.15, 0.2) is 96.1 Å². The Hall–Kier alpha value is -1.96. The Morgan fingerprint density at radius 3 is 1.21 bits per heavy atom. The Labute approximate surface area is 350 Å². The van der Waals surface area contributed by atoms with Crippen LogP contribution in [0.3, 0.4) is 0 Å². The molecule has 2 unspecified atom stereocenters. The number of hydrogen-bond donors (Lipinski definition) is 0. The Balaban J connectivity index is 1.50. The molecule has 0 aliphatic heterocycles. The van der Waals surface area contributed by atoms with Crippen molar-refractivity contribution in [2.75, 3.05) is 0 Å². The van der Waals surface area contributed by atoms with Gasteiger partial charge < -0.3 is 0 Å². The number of benzene rings is 4. The van der Waals surface area contributed by atoms with Crippen molar-refractivity contribution < 1.29 is 15.6 Å². The van der Waals surface area contributed by atoms with Crippen molar-refractivity contribution in [2.24, 2.45) is 0 Å². The van der Waals surface area contributed by atoms with Gasteiger partial charge in [0, 0.05) is 0 Å². The molecular weight excluding hydrogens is 815 g/mol. The van der Waals surface area contributed by atoms with Crippen LogP contribution in [0, 0.1) is 0 Å². The zero-order valence-corrected chi connectivity index (χ0v) is 40.7. The third-order valence-electron chi connectivity index (χ3n) is 13.3. The summed E-state index contributed by atoms with van der Waals surface area (Å²) in [4.78, 5) is 0. The van der Waals surface area contributed by atoms with E-state index in [-0.39, 0.29) is 7.25 Å². The first kappa shape index (κ1) is 43.6. The maximum atomic E-state index is 8.96. The quantitative estimate of drug-likeness (QED) is 0.0578. The first-order chi connectivity index (χ1) is 27.2. The molecule has 0 spiro atoms. The van der Waals surface area contributed by atoms with Crippen LogP contribution < -0.4 is 0 Å². The molecule has 0 nitrogen and oxygen atoms in total. The van der Waals surface area contributed by atoms with Crippen molar-refractivity contribution in [1.82, 2.24) is 0 Å². The molecule has 0 fully saturated rings. The summed E-state index contributed by atoms with van der Waals surface area (Å²) in [6.07, 6.45) is 24.5. The molecule has 4 aromatic rings. The molecule has 0 heterocycles. The number of allylic oxidation sites excluding steroid dienone is 2. The molecule has 0 N–H and O–H groups in total. The van der Waals surface area contributed by atoms with E-state index in [1.54, 1.807) is 0 Å². The average molecular weight is 884 g/mol. The first-order valence-electron chi connectivity index (χ1n) is 22.6. The van der Waals surface area contributed by atoms with Crippen molar-refractivity contribution in [3.8, 4) is 22.3 Å². The molecule has 2 aliphatic rings. The van der Waals surface area contributed by atoms with Gasteiger partial charge in [-0.2, -0.15) is 0 Å². The summed E-state index contributed by atoms with van der Waals surface area (Å²) in [5.74, 6) is -1.67. The predicted molar refractivity (Wildman–Crippen MR) is 251 cm³/mol. The van der Waals surface area contributed by atoms with E-state index >= 15 is 0 Å². The van der Waals surface area contributed by atoms with Crippen LogP contribution in [0.5, 0.6) is 0 Å². The summed E-state index contributed by atoms with van der Waals surface area (Å²) in [7, 11) is 17.9. The zero-order valence-electron chi connectivity index (χ0n) is 35.5. The van der Waals surface area contributed by atoms with Crippen LogP contribution in [-0.4, -0.2) is 5.92 Å². The summed E-state index contributed by atoms with van der Waals surface area (Å²) in [6, 6.07) is 33.0. The van der Waals surface area contributed by atoms with Crippen LogP contribution >= 0.6 is 17.0 Å². The van der Waals surface area contributed by atoms with Crippen LogP contribution in [0.1, 0.15) is 158 Å². The summed E-state index contributed by atoms with van der Waals surface area (Å²) in [5, 5.41) is 0. The maximum absolute atomic E-state index is 8.96. The van der Waals surface area contributed by atoms with Crippen molar-refractivity contribution in [3.63, 3.8) is 0 Å². The van der Waals surface area contributed by atoms with Crippen molar-refractivity contribution in [1.29, 1.82) is 0 Å². The molecule has 4 heteroatoms. The fraction of sp³-hybridized carbons (Fsp3) is 0.462. The second-order valence-corrected chi connectivity index (χ2v) is 60.0. The van der Waals surface area contributed by atoms with Gasteiger partial charge in [0.15, 0.2) is 0 Å². The Morgan fingerprint density at radius 1 is 0.464 bits per heavy atom. The summed E-state index contributed by atoms with van der Waals surface area (Å²) in [6.45, 7) is 14.2. The van der Waals surface area contributed by atoms with Gasteiger partial charge in [-0.05, 0) is 0 Å². The summed E-state index contributed by atoms with van der Waals surface area (Å²) in [5.41, 5.74) is 16.8. The molecule has 4 aromatic carbocycles. The van der Waals surface area contributed by atoms with E-state index in [1.165, 1.54) is 144 Å². The van der Waals surface area contributed by atoms with Crippen molar-refractivity contribution in [2.45, 2.75) is 151 Å². The third kappa shape index (κ3) is 9.10. The molecule has 0 amide bonds. The molecule has 6 rings (SSSR count). The van der Waals surface area contributed by atoms with Crippen LogP contribution in [0.25, 0.3) is 34.4 Å². The fourth-order valence-electron chi connectivity index (χ4n) is 9.98. The molecule has 0 aromatic heterocycles. The van der Waals surface area contributed by atoms with Crippen LogP contribution in [-0.2, 0) is 28.4 Å². The van der Waals surface area contributed by atoms with Gasteiger partial charge in [0.25, 0.3) is 0 Å². The van der Waals surface area contributed by atoms with E-state index in [1.807, 2.05) is 0 Å². The van der Waals surface area contributed by atoms with E-state index in [4.69, 9.17) is 17.0 Å². The summed E-state index contributed by atoms with van der Waals surface area (Å²) >= 11 is -4.92. The van der Waals surface area contributed by atoms with Crippen molar-refractivity contribution in [3.05, 3.63) is 129 Å². The van der Waals surface area contributed by atoms with Gasteiger partial charge in [0.05, 0.1) is 0 Å². The van der Waals surface area contributed by atoms with E-state index in [9.17, 15) is 0 Å². The second kappa shape index (κ2) is 19.9. The van der Waals surface area contributed by atoms with Gasteiger partial charge in [-0.15, -0.1) is 0 Å². The van der Waals surface area contributed by atoms with E-state index in [0.29, 0.717) is 0 Å². The fourth-order valence-corrected chi connectivity index (χ4v) is 41.5. The van der Waals surface area contributed by atoms with Gasteiger partial charge in [-0.1, -0.05) is 0 Å². The number of fused-ring (bicyclic) bond motifs is 2. The number of halogens is 2. The molecule has 299 valence electrons. The predicted octanol–water partition coefficient (Wildman–Crippen LogP) is 17.2. The van der Waals surface area contributed by atoms with Crippen LogP contribution in [0.2, 0.25) is 13.1 Å². The van der Waals surface area contributed by atoms with E-state index in [0.717, 1.165) is 25.7 Å². The summed E-state index contributed by atoms with van der Waals surface area (Å²) < 4.78 is 0.256. The average Bonchev–Trinajstić information content (AvgIpc) is 3.80. The second-order valence-electron chi connectivity index (χ2n) is 17.5. The molecule has 2 atom stereocenters.